The highest BCUT2D eigenvalue weighted by Crippen LogP contribution is 2.31. The van der Waals surface area contributed by atoms with Gasteiger partial charge < -0.3 is 5.32 Å². The summed E-state index contributed by atoms with van der Waals surface area (Å²) < 4.78 is 37.6. The van der Waals surface area contributed by atoms with Gasteiger partial charge in [-0.1, -0.05) is 11.8 Å². The first-order valence-electron chi connectivity index (χ1n) is 5.41. The van der Waals surface area contributed by atoms with E-state index in [0.29, 0.717) is 23.0 Å². The number of alkyl halides is 3. The summed E-state index contributed by atoms with van der Waals surface area (Å²) in [5, 5.41) is 2.57. The summed E-state index contributed by atoms with van der Waals surface area (Å²) in [4.78, 5) is 10.6. The molecule has 0 aliphatic rings. The van der Waals surface area contributed by atoms with E-state index < -0.39 is 11.7 Å². The Morgan fingerprint density at radius 3 is 2.63 bits per heavy atom. The van der Waals surface area contributed by atoms with E-state index in [9.17, 15) is 18.0 Å². The number of hydrogen-bond acceptors (Lipinski definition) is 1. The normalized spacial score (nSPS) is 10.6. The molecule has 0 bridgehead atoms. The minimum atomic E-state index is -4.36. The van der Waals surface area contributed by atoms with Crippen LogP contribution in [0.2, 0.25) is 0 Å². The molecule has 0 aliphatic carbocycles. The first kappa shape index (κ1) is 15.6. The summed E-state index contributed by atoms with van der Waals surface area (Å²) in [5.74, 6) is 5.39. The minimum Gasteiger partial charge on any atom is -0.355 e. The van der Waals surface area contributed by atoms with Gasteiger partial charge >= 0.3 is 6.18 Å². The van der Waals surface area contributed by atoms with Crippen molar-refractivity contribution in [3.05, 3.63) is 33.8 Å². The van der Waals surface area contributed by atoms with Gasteiger partial charge in [-0.15, -0.1) is 0 Å². The van der Waals surface area contributed by atoms with Crippen LogP contribution < -0.4 is 5.32 Å². The maximum atomic E-state index is 12.4. The summed E-state index contributed by atoms with van der Waals surface area (Å²) in [5.41, 5.74) is -0.237. The van der Waals surface area contributed by atoms with E-state index in [0.717, 1.165) is 12.1 Å². The molecule has 0 saturated heterocycles. The van der Waals surface area contributed by atoms with Crippen molar-refractivity contribution in [2.24, 2.45) is 0 Å². The van der Waals surface area contributed by atoms with Crippen LogP contribution in [0.3, 0.4) is 0 Å². The predicted molar refractivity (Wildman–Crippen MR) is 69.3 cm³/mol. The SMILES string of the molecule is CC(=O)NCCC#Cc1ccc(C(F)(F)F)cc1Br. The van der Waals surface area contributed by atoms with Gasteiger partial charge in [0.2, 0.25) is 5.91 Å². The van der Waals surface area contributed by atoms with Gasteiger partial charge in [-0.3, -0.25) is 4.79 Å². The van der Waals surface area contributed by atoms with Crippen LogP contribution in [0.1, 0.15) is 24.5 Å². The molecule has 0 radical (unpaired) electrons. The molecule has 0 spiro atoms. The lowest BCUT2D eigenvalue weighted by Crippen LogP contribution is -2.20. The molecule has 19 heavy (non-hydrogen) atoms. The lowest BCUT2D eigenvalue weighted by molar-refractivity contribution is -0.137. The van der Waals surface area contributed by atoms with Gasteiger partial charge in [-0.05, 0) is 34.1 Å². The van der Waals surface area contributed by atoms with Crippen LogP contribution in [0.25, 0.3) is 0 Å². The fourth-order valence-electron chi connectivity index (χ4n) is 1.25. The number of nitrogens with one attached hydrogen (secondary N) is 1. The monoisotopic (exact) mass is 333 g/mol. The Labute approximate surface area is 117 Å². The number of benzene rings is 1. The highest BCUT2D eigenvalue weighted by molar-refractivity contribution is 9.10. The maximum absolute atomic E-state index is 12.4. The first-order valence-corrected chi connectivity index (χ1v) is 6.20. The number of carbonyl (C=O) groups is 1. The summed E-state index contributed by atoms with van der Waals surface area (Å²) >= 11 is 3.06. The summed E-state index contributed by atoms with van der Waals surface area (Å²) in [6.07, 6.45) is -3.92. The zero-order valence-corrected chi connectivity index (χ0v) is 11.7. The van der Waals surface area contributed by atoms with Crippen LogP contribution in [0, 0.1) is 11.8 Å². The molecule has 0 aliphatic heterocycles. The first-order chi connectivity index (χ1) is 8.80. The Bertz CT molecular complexity index is 529. The number of halogens is 4. The Morgan fingerprint density at radius 2 is 2.11 bits per heavy atom. The zero-order chi connectivity index (χ0) is 14.5. The molecule has 0 aromatic heterocycles. The standard InChI is InChI=1S/C13H11BrF3NO/c1-9(19)18-7-3-2-4-10-5-6-11(8-12(10)14)13(15,16)17/h5-6,8H,3,7H2,1H3,(H,18,19). The smallest absolute Gasteiger partial charge is 0.355 e. The summed E-state index contributed by atoms with van der Waals surface area (Å²) in [6.45, 7) is 1.82. The molecule has 1 amide bonds. The van der Waals surface area contributed by atoms with E-state index in [1.165, 1.54) is 13.0 Å². The molecule has 1 rings (SSSR count). The molecule has 0 saturated carbocycles. The highest BCUT2D eigenvalue weighted by atomic mass is 79.9. The van der Waals surface area contributed by atoms with Crippen LogP contribution in [0.5, 0.6) is 0 Å². The Kier molecular flexibility index (Phi) is 5.43. The van der Waals surface area contributed by atoms with E-state index in [4.69, 9.17) is 0 Å². The fraction of sp³-hybridized carbons (Fsp3) is 0.308. The second kappa shape index (κ2) is 6.62. The number of rotatable bonds is 2. The van der Waals surface area contributed by atoms with Crippen molar-refractivity contribution in [2.75, 3.05) is 6.54 Å². The zero-order valence-electron chi connectivity index (χ0n) is 10.1. The minimum absolute atomic E-state index is 0.141. The molecule has 0 unspecified atom stereocenters. The van der Waals surface area contributed by atoms with E-state index in [1.807, 2.05) is 0 Å². The summed E-state index contributed by atoms with van der Waals surface area (Å²) in [7, 11) is 0. The topological polar surface area (TPSA) is 29.1 Å². The largest absolute Gasteiger partial charge is 0.416 e. The maximum Gasteiger partial charge on any atom is 0.416 e. The number of carbonyl (C=O) groups excluding carboxylic acids is 1. The highest BCUT2D eigenvalue weighted by Gasteiger charge is 2.30. The molecule has 0 fully saturated rings. The van der Waals surface area contributed by atoms with Gasteiger partial charge in [0.05, 0.1) is 5.56 Å². The quantitative estimate of drug-likeness (QED) is 0.652. The van der Waals surface area contributed by atoms with Gasteiger partial charge in [0.15, 0.2) is 0 Å². The summed E-state index contributed by atoms with van der Waals surface area (Å²) in [6, 6.07) is 3.30. The van der Waals surface area contributed by atoms with Gasteiger partial charge in [-0.25, -0.2) is 0 Å². The molecule has 6 heteroatoms. The molecule has 0 atom stereocenters. The number of amides is 1. The van der Waals surface area contributed by atoms with E-state index in [1.54, 1.807) is 0 Å². The van der Waals surface area contributed by atoms with E-state index in [-0.39, 0.29) is 5.91 Å². The van der Waals surface area contributed by atoms with Crippen molar-refractivity contribution >= 4 is 21.8 Å². The second-order valence-corrected chi connectivity index (χ2v) is 4.58. The van der Waals surface area contributed by atoms with Crippen molar-refractivity contribution in [1.29, 1.82) is 0 Å². The Morgan fingerprint density at radius 1 is 1.42 bits per heavy atom. The third kappa shape index (κ3) is 5.35. The third-order valence-corrected chi connectivity index (χ3v) is 2.80. The lowest BCUT2D eigenvalue weighted by atomic mass is 10.1. The molecule has 1 aromatic carbocycles. The molecular formula is C13H11BrF3NO. The van der Waals surface area contributed by atoms with E-state index in [2.05, 4.69) is 33.1 Å². The average molecular weight is 334 g/mol. The average Bonchev–Trinajstić information content (AvgIpc) is 2.28. The second-order valence-electron chi connectivity index (χ2n) is 3.73. The van der Waals surface area contributed by atoms with Gasteiger partial charge in [-0.2, -0.15) is 13.2 Å². The molecular weight excluding hydrogens is 323 g/mol. The van der Waals surface area contributed by atoms with Crippen LogP contribution in [0.4, 0.5) is 13.2 Å². The molecule has 102 valence electrons. The van der Waals surface area contributed by atoms with Crippen LogP contribution in [-0.4, -0.2) is 12.5 Å². The Balaban J connectivity index is 2.71. The van der Waals surface area contributed by atoms with Crippen molar-refractivity contribution in [2.45, 2.75) is 19.5 Å². The fourth-order valence-corrected chi connectivity index (χ4v) is 1.73. The van der Waals surface area contributed by atoms with Crippen LogP contribution in [0.15, 0.2) is 22.7 Å². The molecule has 1 aromatic rings. The molecule has 0 heterocycles. The van der Waals surface area contributed by atoms with Crippen molar-refractivity contribution in [3.63, 3.8) is 0 Å². The van der Waals surface area contributed by atoms with Gasteiger partial charge in [0, 0.05) is 29.9 Å². The molecule has 2 nitrogen and oxygen atoms in total. The van der Waals surface area contributed by atoms with Crippen LogP contribution in [-0.2, 0) is 11.0 Å². The number of hydrogen-bond donors (Lipinski definition) is 1. The third-order valence-electron chi connectivity index (χ3n) is 2.14. The molecule has 1 N–H and O–H groups in total. The van der Waals surface area contributed by atoms with Crippen molar-refractivity contribution in [1.82, 2.24) is 5.32 Å². The van der Waals surface area contributed by atoms with Crippen molar-refractivity contribution < 1.29 is 18.0 Å². The van der Waals surface area contributed by atoms with Gasteiger partial charge in [0.1, 0.15) is 0 Å². The lowest BCUT2D eigenvalue weighted by Gasteiger charge is -2.07. The van der Waals surface area contributed by atoms with E-state index >= 15 is 0 Å². The van der Waals surface area contributed by atoms with Crippen LogP contribution >= 0.6 is 15.9 Å². The van der Waals surface area contributed by atoms with Gasteiger partial charge in [0.25, 0.3) is 0 Å². The predicted octanol–water partition coefficient (Wildman–Crippen LogP) is 3.35. The van der Waals surface area contributed by atoms with Crippen molar-refractivity contribution in [3.8, 4) is 11.8 Å². The Hall–Kier alpha value is -1.48.